The molecule has 0 aliphatic carbocycles. The second kappa shape index (κ2) is 6.69. The number of aliphatic carboxylic acids is 1. The molecule has 0 unspecified atom stereocenters. The van der Waals surface area contributed by atoms with E-state index in [4.69, 9.17) is 5.11 Å². The smallest absolute Gasteiger partial charge is 0.323 e. The van der Waals surface area contributed by atoms with E-state index < -0.39 is 5.97 Å². The van der Waals surface area contributed by atoms with Crippen molar-refractivity contribution in [3.05, 3.63) is 11.1 Å². The molecule has 1 aromatic heterocycles. The Kier molecular flexibility index (Phi) is 5.50. The molecule has 0 aromatic carbocycles. The van der Waals surface area contributed by atoms with E-state index in [0.29, 0.717) is 11.7 Å². The number of carbonyl (C=O) groups is 2. The van der Waals surface area contributed by atoms with Crippen LogP contribution in [0.1, 0.15) is 39.8 Å². The summed E-state index contributed by atoms with van der Waals surface area (Å²) in [5.74, 6) is -0.916. The Balaban J connectivity index is 2.64. The molecule has 6 nitrogen and oxygen atoms in total. The van der Waals surface area contributed by atoms with E-state index in [1.54, 1.807) is 0 Å². The quantitative estimate of drug-likeness (QED) is 0.875. The number of anilines is 1. The summed E-state index contributed by atoms with van der Waals surface area (Å²) in [6.07, 6.45) is -0.0631. The molecule has 0 atom stereocenters. The van der Waals surface area contributed by atoms with E-state index in [9.17, 15) is 9.59 Å². The number of carboxylic acid groups (broad SMARTS) is 1. The summed E-state index contributed by atoms with van der Waals surface area (Å²) in [5.41, 5.74) is 0.860. The number of aromatic nitrogens is 1. The topological polar surface area (TPSA) is 82.5 Å². The molecule has 7 heteroatoms. The lowest BCUT2D eigenvalue weighted by Crippen LogP contribution is -2.36. The Morgan fingerprint density at radius 3 is 2.55 bits per heavy atom. The van der Waals surface area contributed by atoms with E-state index in [2.05, 4.69) is 31.1 Å². The number of hydrogen-bond donors (Lipinski definition) is 2. The minimum atomic E-state index is -0.916. The first-order valence-electron chi connectivity index (χ1n) is 6.47. The molecule has 0 fully saturated rings. The molecule has 1 heterocycles. The average Bonchev–Trinajstić information content (AvgIpc) is 2.77. The van der Waals surface area contributed by atoms with Crippen molar-refractivity contribution in [2.24, 2.45) is 0 Å². The molecule has 0 aliphatic heterocycles. The van der Waals surface area contributed by atoms with Crippen molar-refractivity contribution < 1.29 is 14.7 Å². The standard InChI is InChI=1S/C13H21N3O3S/c1-5-16(7-6-10(17)18)12(19)15-11-14-9(8-20-11)13(2,3)4/h8H,5-7H2,1-4H3,(H,17,18)(H,14,15,19). The van der Waals surface area contributed by atoms with E-state index in [0.717, 1.165) is 5.69 Å². The van der Waals surface area contributed by atoms with Crippen molar-refractivity contribution >= 4 is 28.5 Å². The van der Waals surface area contributed by atoms with Crippen LogP contribution < -0.4 is 5.32 Å². The third-order valence-corrected chi connectivity index (χ3v) is 3.51. The van der Waals surface area contributed by atoms with Crippen LogP contribution in [-0.2, 0) is 10.2 Å². The minimum absolute atomic E-state index is 0.0623. The molecule has 0 spiro atoms. The number of carboxylic acids is 1. The van der Waals surface area contributed by atoms with Crippen LogP contribution in [0.4, 0.5) is 9.93 Å². The first kappa shape index (κ1) is 16.4. The van der Waals surface area contributed by atoms with Crippen LogP contribution in [-0.4, -0.2) is 40.1 Å². The number of thiazole rings is 1. The highest BCUT2D eigenvalue weighted by Crippen LogP contribution is 2.26. The summed E-state index contributed by atoms with van der Waals surface area (Å²) in [5, 5.41) is 13.8. The van der Waals surface area contributed by atoms with Gasteiger partial charge in [0, 0.05) is 23.9 Å². The number of hydrogen-bond acceptors (Lipinski definition) is 4. The molecular formula is C13H21N3O3S. The Morgan fingerprint density at radius 2 is 2.10 bits per heavy atom. The highest BCUT2D eigenvalue weighted by atomic mass is 32.1. The second-order valence-electron chi connectivity index (χ2n) is 5.44. The Bertz CT molecular complexity index is 479. The van der Waals surface area contributed by atoms with Gasteiger partial charge in [0.1, 0.15) is 0 Å². The lowest BCUT2D eigenvalue weighted by atomic mass is 9.93. The zero-order valence-electron chi connectivity index (χ0n) is 12.3. The third-order valence-electron chi connectivity index (χ3n) is 2.75. The summed E-state index contributed by atoms with van der Waals surface area (Å²) in [6, 6.07) is -0.316. The zero-order chi connectivity index (χ0) is 15.3. The van der Waals surface area contributed by atoms with Crippen LogP contribution >= 0.6 is 11.3 Å². The van der Waals surface area contributed by atoms with Crippen LogP contribution in [0, 0.1) is 0 Å². The van der Waals surface area contributed by atoms with Gasteiger partial charge in [-0.2, -0.15) is 0 Å². The summed E-state index contributed by atoms with van der Waals surface area (Å²) < 4.78 is 0. The zero-order valence-corrected chi connectivity index (χ0v) is 13.1. The highest BCUT2D eigenvalue weighted by Gasteiger charge is 2.19. The molecular weight excluding hydrogens is 278 g/mol. The first-order valence-corrected chi connectivity index (χ1v) is 7.35. The second-order valence-corrected chi connectivity index (χ2v) is 6.30. The fraction of sp³-hybridized carbons (Fsp3) is 0.615. The molecule has 0 aliphatic rings. The van der Waals surface area contributed by atoms with Crippen LogP contribution in [0.25, 0.3) is 0 Å². The van der Waals surface area contributed by atoms with Gasteiger partial charge >= 0.3 is 12.0 Å². The van der Waals surface area contributed by atoms with Gasteiger partial charge in [-0.25, -0.2) is 9.78 Å². The lowest BCUT2D eigenvalue weighted by Gasteiger charge is -2.19. The first-order chi connectivity index (χ1) is 9.24. The monoisotopic (exact) mass is 299 g/mol. The molecule has 0 bridgehead atoms. The Morgan fingerprint density at radius 1 is 1.45 bits per heavy atom. The van der Waals surface area contributed by atoms with Gasteiger partial charge < -0.3 is 10.0 Å². The number of nitrogens with zero attached hydrogens (tertiary/aromatic N) is 2. The van der Waals surface area contributed by atoms with Gasteiger partial charge in [-0.15, -0.1) is 11.3 Å². The fourth-order valence-corrected chi connectivity index (χ4v) is 2.41. The van der Waals surface area contributed by atoms with Crippen molar-refractivity contribution in [1.29, 1.82) is 0 Å². The average molecular weight is 299 g/mol. The maximum absolute atomic E-state index is 12.0. The number of urea groups is 1. The minimum Gasteiger partial charge on any atom is -0.481 e. The molecule has 0 saturated carbocycles. The maximum Gasteiger partial charge on any atom is 0.323 e. The number of rotatable bonds is 5. The summed E-state index contributed by atoms with van der Waals surface area (Å²) in [7, 11) is 0. The van der Waals surface area contributed by atoms with Gasteiger partial charge in [-0.05, 0) is 6.92 Å². The molecule has 112 valence electrons. The predicted molar refractivity (Wildman–Crippen MR) is 79.3 cm³/mol. The number of nitrogens with one attached hydrogen (secondary N) is 1. The normalized spacial score (nSPS) is 11.2. The van der Waals surface area contributed by atoms with Crippen LogP contribution in [0.15, 0.2) is 5.38 Å². The van der Waals surface area contributed by atoms with Crippen molar-refractivity contribution in [3.63, 3.8) is 0 Å². The van der Waals surface area contributed by atoms with E-state index >= 15 is 0 Å². The van der Waals surface area contributed by atoms with Gasteiger partial charge in [0.15, 0.2) is 5.13 Å². The largest absolute Gasteiger partial charge is 0.481 e. The Labute approximate surface area is 122 Å². The molecule has 0 radical (unpaired) electrons. The van der Waals surface area contributed by atoms with Crippen molar-refractivity contribution in [2.45, 2.75) is 39.5 Å². The van der Waals surface area contributed by atoms with Crippen LogP contribution in [0.2, 0.25) is 0 Å². The van der Waals surface area contributed by atoms with E-state index in [1.165, 1.54) is 16.2 Å². The van der Waals surface area contributed by atoms with Crippen molar-refractivity contribution in [3.8, 4) is 0 Å². The van der Waals surface area contributed by atoms with Gasteiger partial charge in [0.2, 0.25) is 0 Å². The van der Waals surface area contributed by atoms with Gasteiger partial charge in [-0.3, -0.25) is 10.1 Å². The summed E-state index contributed by atoms with van der Waals surface area (Å²) in [4.78, 5) is 28.4. The molecule has 1 rings (SSSR count). The van der Waals surface area contributed by atoms with Crippen molar-refractivity contribution in [2.75, 3.05) is 18.4 Å². The lowest BCUT2D eigenvalue weighted by molar-refractivity contribution is -0.137. The summed E-state index contributed by atoms with van der Waals surface area (Å²) >= 11 is 1.37. The molecule has 2 amide bonds. The predicted octanol–water partition coefficient (Wildman–Crippen LogP) is 2.77. The number of carbonyl (C=O) groups excluding carboxylic acids is 1. The summed E-state index contributed by atoms with van der Waals surface area (Å²) in [6.45, 7) is 8.62. The van der Waals surface area contributed by atoms with E-state index in [1.807, 2.05) is 12.3 Å². The Hall–Kier alpha value is -1.63. The maximum atomic E-state index is 12.0. The third kappa shape index (κ3) is 4.80. The van der Waals surface area contributed by atoms with Gasteiger partial charge in [-0.1, -0.05) is 20.8 Å². The van der Waals surface area contributed by atoms with Crippen molar-refractivity contribution in [1.82, 2.24) is 9.88 Å². The fourth-order valence-electron chi connectivity index (χ4n) is 1.48. The molecule has 2 N–H and O–H groups in total. The van der Waals surface area contributed by atoms with Crippen LogP contribution in [0.3, 0.4) is 0 Å². The van der Waals surface area contributed by atoms with Gasteiger partial charge in [0.05, 0.1) is 12.1 Å². The highest BCUT2D eigenvalue weighted by molar-refractivity contribution is 7.13. The van der Waals surface area contributed by atoms with Crippen LogP contribution in [0.5, 0.6) is 0 Å². The SMILES string of the molecule is CCN(CCC(=O)O)C(=O)Nc1nc(C(C)(C)C)cs1. The van der Waals surface area contributed by atoms with E-state index in [-0.39, 0.29) is 24.4 Å². The number of amides is 2. The molecule has 20 heavy (non-hydrogen) atoms. The molecule has 0 saturated heterocycles. The van der Waals surface area contributed by atoms with Gasteiger partial charge in [0.25, 0.3) is 0 Å². The molecule has 1 aromatic rings.